The Morgan fingerprint density at radius 2 is 1.64 bits per heavy atom. The Labute approximate surface area is 261 Å². The van der Waals surface area contributed by atoms with Crippen LogP contribution in [0.5, 0.6) is 0 Å². The van der Waals surface area contributed by atoms with Crippen molar-refractivity contribution in [1.29, 1.82) is 5.26 Å². The van der Waals surface area contributed by atoms with E-state index in [2.05, 4.69) is 15.6 Å². The zero-order valence-electron chi connectivity index (χ0n) is 23.6. The first kappa shape index (κ1) is 30.8. The van der Waals surface area contributed by atoms with E-state index < -0.39 is 41.0 Å². The summed E-state index contributed by atoms with van der Waals surface area (Å²) in [6.45, 7) is 0. The van der Waals surface area contributed by atoms with Gasteiger partial charge in [-0.3, -0.25) is 14.6 Å². The third-order valence-corrected chi connectivity index (χ3v) is 7.34. The molecule has 0 bridgehead atoms. The van der Waals surface area contributed by atoms with Crippen LogP contribution in [0.3, 0.4) is 0 Å². The van der Waals surface area contributed by atoms with Gasteiger partial charge < -0.3 is 15.4 Å². The Morgan fingerprint density at radius 1 is 0.933 bits per heavy atom. The number of nitrogens with one attached hydrogen (secondary N) is 2. The van der Waals surface area contributed by atoms with Gasteiger partial charge in [-0.05, 0) is 48.0 Å². The molecule has 1 heterocycles. The monoisotopic (exact) mass is 624 g/mol. The molecular weight excluding hydrogens is 602 g/mol. The SMILES string of the molecule is COC(=O)[C@H](Cc1ccc(-c2ccc(C#N)cc2Cl)c2ncccc12)NC(=O)c1c(F)cc(C(=O)Nc2ccccc2)cc1F. The molecule has 0 aliphatic carbocycles. The van der Waals surface area contributed by atoms with Crippen LogP contribution in [0.25, 0.3) is 22.0 Å². The Hall–Kier alpha value is -5.66. The highest BCUT2D eigenvalue weighted by atomic mass is 35.5. The van der Waals surface area contributed by atoms with Crippen molar-refractivity contribution in [3.05, 3.63) is 130 Å². The van der Waals surface area contributed by atoms with E-state index in [1.165, 1.54) is 0 Å². The van der Waals surface area contributed by atoms with Crippen LogP contribution in [-0.4, -0.2) is 35.9 Å². The molecule has 4 aromatic carbocycles. The van der Waals surface area contributed by atoms with Crippen molar-refractivity contribution in [3.63, 3.8) is 0 Å². The number of pyridine rings is 1. The second-order valence-corrected chi connectivity index (χ2v) is 10.3. The first-order chi connectivity index (χ1) is 21.7. The minimum Gasteiger partial charge on any atom is -0.467 e. The molecule has 1 aromatic heterocycles. The first-order valence-corrected chi connectivity index (χ1v) is 13.9. The van der Waals surface area contributed by atoms with Crippen molar-refractivity contribution >= 4 is 46.0 Å². The van der Waals surface area contributed by atoms with E-state index in [-0.39, 0.29) is 12.0 Å². The van der Waals surface area contributed by atoms with Gasteiger partial charge in [-0.1, -0.05) is 54.1 Å². The lowest BCUT2D eigenvalue weighted by molar-refractivity contribution is -0.142. The quantitative estimate of drug-likeness (QED) is 0.191. The van der Waals surface area contributed by atoms with Crippen molar-refractivity contribution in [1.82, 2.24) is 10.3 Å². The lowest BCUT2D eigenvalue weighted by Gasteiger charge is -2.19. The average molecular weight is 625 g/mol. The largest absolute Gasteiger partial charge is 0.467 e. The molecule has 5 aromatic rings. The van der Waals surface area contributed by atoms with Crippen LogP contribution in [0.4, 0.5) is 14.5 Å². The lowest BCUT2D eigenvalue weighted by Crippen LogP contribution is -2.43. The smallest absolute Gasteiger partial charge is 0.328 e. The molecule has 45 heavy (non-hydrogen) atoms. The molecule has 2 amide bonds. The second-order valence-electron chi connectivity index (χ2n) is 9.87. The summed E-state index contributed by atoms with van der Waals surface area (Å²) in [5, 5.41) is 15.1. The molecular formula is C34H23ClF2N4O4. The van der Waals surface area contributed by atoms with Crippen LogP contribution in [0, 0.1) is 23.0 Å². The number of benzene rings is 4. The maximum Gasteiger partial charge on any atom is 0.328 e. The van der Waals surface area contributed by atoms with Gasteiger partial charge in [0.15, 0.2) is 0 Å². The van der Waals surface area contributed by atoms with Crippen LogP contribution >= 0.6 is 11.6 Å². The van der Waals surface area contributed by atoms with Gasteiger partial charge in [-0.25, -0.2) is 13.6 Å². The number of carbonyl (C=O) groups excluding carboxylic acids is 3. The summed E-state index contributed by atoms with van der Waals surface area (Å²) in [5.41, 5.74) is 1.94. The van der Waals surface area contributed by atoms with E-state index >= 15 is 8.78 Å². The van der Waals surface area contributed by atoms with E-state index in [0.717, 1.165) is 19.2 Å². The highest BCUT2D eigenvalue weighted by Crippen LogP contribution is 2.35. The highest BCUT2D eigenvalue weighted by Gasteiger charge is 2.28. The molecule has 0 aliphatic heterocycles. The molecule has 0 fully saturated rings. The summed E-state index contributed by atoms with van der Waals surface area (Å²) in [6.07, 6.45) is 1.48. The minimum absolute atomic E-state index is 0.108. The molecule has 2 N–H and O–H groups in total. The van der Waals surface area contributed by atoms with Crippen LogP contribution in [0.15, 0.2) is 91.1 Å². The van der Waals surface area contributed by atoms with Gasteiger partial charge in [-0.15, -0.1) is 0 Å². The minimum atomic E-state index is -1.34. The molecule has 0 radical (unpaired) electrons. The number of nitrogens with zero attached hydrogens (tertiary/aromatic N) is 2. The zero-order valence-corrected chi connectivity index (χ0v) is 24.4. The Bertz CT molecular complexity index is 1970. The van der Waals surface area contributed by atoms with Crippen LogP contribution in [-0.2, 0) is 16.0 Å². The third-order valence-electron chi connectivity index (χ3n) is 7.03. The van der Waals surface area contributed by atoms with E-state index in [1.54, 1.807) is 79.0 Å². The molecule has 1 atom stereocenters. The first-order valence-electron chi connectivity index (χ1n) is 13.5. The van der Waals surface area contributed by atoms with Gasteiger partial charge in [0.25, 0.3) is 11.8 Å². The lowest BCUT2D eigenvalue weighted by atomic mass is 9.94. The predicted octanol–water partition coefficient (Wildman–Crippen LogP) is 6.47. The number of nitriles is 1. The van der Waals surface area contributed by atoms with Crippen LogP contribution < -0.4 is 10.6 Å². The molecule has 5 rings (SSSR count). The average Bonchev–Trinajstić information content (AvgIpc) is 3.04. The molecule has 8 nitrogen and oxygen atoms in total. The van der Waals surface area contributed by atoms with Gasteiger partial charge >= 0.3 is 5.97 Å². The fourth-order valence-corrected chi connectivity index (χ4v) is 5.14. The van der Waals surface area contributed by atoms with Gasteiger partial charge in [-0.2, -0.15) is 5.26 Å². The number of hydrogen-bond acceptors (Lipinski definition) is 6. The van der Waals surface area contributed by atoms with E-state index in [4.69, 9.17) is 16.3 Å². The van der Waals surface area contributed by atoms with Crippen molar-refractivity contribution in [2.24, 2.45) is 0 Å². The molecule has 224 valence electrons. The Kier molecular flexibility index (Phi) is 9.12. The second kappa shape index (κ2) is 13.3. The molecule has 0 unspecified atom stereocenters. The van der Waals surface area contributed by atoms with Crippen LogP contribution in [0.1, 0.15) is 31.8 Å². The van der Waals surface area contributed by atoms with Crippen LogP contribution in [0.2, 0.25) is 5.02 Å². The number of anilines is 1. The van der Waals surface area contributed by atoms with Gasteiger partial charge in [0, 0.05) is 45.4 Å². The van der Waals surface area contributed by atoms with E-state index in [9.17, 15) is 19.6 Å². The summed E-state index contributed by atoms with van der Waals surface area (Å²) >= 11 is 6.46. The summed E-state index contributed by atoms with van der Waals surface area (Å²) in [7, 11) is 1.12. The van der Waals surface area contributed by atoms with Gasteiger partial charge in [0.1, 0.15) is 23.2 Å². The standard InChI is InChI=1S/C34H23ClF2N4O4/c1-45-34(44)29(41-33(43)30-27(36)15-21(16-28(30)37)32(42)40-22-6-3-2-4-7-22)17-20-10-12-25(31-23(20)8-5-13-39-31)24-11-9-19(18-38)14-26(24)35/h2-16,29H,17H2,1H3,(H,40,42)(H,41,43)/t29-/m0/s1. The summed E-state index contributed by atoms with van der Waals surface area (Å²) < 4.78 is 35.0. The molecule has 0 saturated heterocycles. The normalized spacial score (nSPS) is 11.4. The Morgan fingerprint density at radius 3 is 2.31 bits per heavy atom. The number of esters is 1. The van der Waals surface area contributed by atoms with E-state index in [1.807, 2.05) is 6.07 Å². The molecule has 0 spiro atoms. The van der Waals surface area contributed by atoms with Crippen molar-refractivity contribution < 1.29 is 27.9 Å². The number of amides is 2. The number of halogens is 3. The summed E-state index contributed by atoms with van der Waals surface area (Å²) in [6, 6.07) is 22.3. The number of hydrogen-bond donors (Lipinski definition) is 2. The van der Waals surface area contributed by atoms with Crippen molar-refractivity contribution in [2.45, 2.75) is 12.5 Å². The fourth-order valence-electron chi connectivity index (χ4n) is 4.86. The third kappa shape index (κ3) is 6.64. The van der Waals surface area contributed by atoms with Crippen molar-refractivity contribution in [2.75, 3.05) is 12.4 Å². The summed E-state index contributed by atoms with van der Waals surface area (Å²) in [4.78, 5) is 42.9. The maximum absolute atomic E-state index is 15.1. The molecule has 11 heteroatoms. The zero-order chi connectivity index (χ0) is 32.1. The topological polar surface area (TPSA) is 121 Å². The van der Waals surface area contributed by atoms with Crippen molar-refractivity contribution in [3.8, 4) is 17.2 Å². The van der Waals surface area contributed by atoms with Gasteiger partial charge in [0.05, 0.1) is 24.3 Å². The number of ether oxygens (including phenoxy) is 1. The van der Waals surface area contributed by atoms with Gasteiger partial charge in [0.2, 0.25) is 0 Å². The maximum atomic E-state index is 15.1. The number of rotatable bonds is 8. The number of methoxy groups -OCH3 is 1. The predicted molar refractivity (Wildman–Crippen MR) is 165 cm³/mol. The number of fused-ring (bicyclic) bond motifs is 1. The molecule has 0 saturated carbocycles. The number of carbonyl (C=O) groups is 3. The summed E-state index contributed by atoms with van der Waals surface area (Å²) in [5.74, 6) is -5.40. The van der Waals surface area contributed by atoms with E-state index in [0.29, 0.717) is 43.9 Å². The number of aromatic nitrogens is 1. The molecule has 0 aliphatic rings. The number of para-hydroxylation sites is 1. The highest BCUT2D eigenvalue weighted by molar-refractivity contribution is 6.33. The Balaban J connectivity index is 1.42. The fraction of sp³-hybridized carbons (Fsp3) is 0.0882.